The lowest BCUT2D eigenvalue weighted by Gasteiger charge is -2.20. The molecule has 1 unspecified atom stereocenters. The van der Waals surface area contributed by atoms with Crippen molar-refractivity contribution in [3.8, 4) is 0 Å². The lowest BCUT2D eigenvalue weighted by Crippen LogP contribution is -2.27. The molecule has 0 spiro atoms. The summed E-state index contributed by atoms with van der Waals surface area (Å²) in [5.41, 5.74) is 1.10. The first kappa shape index (κ1) is 14.5. The van der Waals surface area contributed by atoms with Crippen molar-refractivity contribution in [2.45, 2.75) is 32.8 Å². The molecule has 1 aromatic rings. The molecule has 1 atom stereocenters. The van der Waals surface area contributed by atoms with E-state index < -0.39 is 0 Å². The first-order chi connectivity index (χ1) is 8.15. The van der Waals surface area contributed by atoms with Crippen LogP contribution in [-0.2, 0) is 6.42 Å². The Labute approximate surface area is 109 Å². The van der Waals surface area contributed by atoms with Gasteiger partial charge in [-0.1, -0.05) is 37.6 Å². The number of nitrogens with zero attached hydrogens (tertiary/aromatic N) is 1. The predicted octanol–water partition coefficient (Wildman–Crippen LogP) is 2.98. The molecule has 0 amide bonds. The third kappa shape index (κ3) is 5.53. The second kappa shape index (κ2) is 7.70. The van der Waals surface area contributed by atoms with Crippen LogP contribution in [0.3, 0.4) is 0 Å². The van der Waals surface area contributed by atoms with E-state index in [1.54, 1.807) is 0 Å². The minimum absolute atomic E-state index is 0.283. The van der Waals surface area contributed by atoms with E-state index in [0.29, 0.717) is 6.42 Å². The fourth-order valence-electron chi connectivity index (χ4n) is 1.91. The maximum atomic E-state index is 9.96. The second-order valence-corrected chi connectivity index (χ2v) is 4.74. The summed E-state index contributed by atoms with van der Waals surface area (Å²) in [5, 5.41) is 10.7. The quantitative estimate of drug-likeness (QED) is 0.810. The molecule has 0 aliphatic rings. The van der Waals surface area contributed by atoms with Crippen molar-refractivity contribution < 1.29 is 5.11 Å². The first-order valence-electron chi connectivity index (χ1n) is 6.30. The van der Waals surface area contributed by atoms with E-state index >= 15 is 0 Å². The van der Waals surface area contributed by atoms with Crippen molar-refractivity contribution in [1.82, 2.24) is 4.90 Å². The molecule has 3 heteroatoms. The van der Waals surface area contributed by atoms with Crippen molar-refractivity contribution in [2.24, 2.45) is 0 Å². The summed E-state index contributed by atoms with van der Waals surface area (Å²) in [4.78, 5) is 2.32. The molecule has 0 saturated heterocycles. The molecule has 17 heavy (non-hydrogen) atoms. The summed E-state index contributed by atoms with van der Waals surface area (Å²) in [6.45, 7) is 7.33. The molecule has 2 nitrogen and oxygen atoms in total. The maximum absolute atomic E-state index is 9.96. The Hall–Kier alpha value is -0.570. The Morgan fingerprint density at radius 2 is 2.00 bits per heavy atom. The summed E-state index contributed by atoms with van der Waals surface area (Å²) >= 11 is 5.91. The standard InChI is InChI=1S/C14H22ClNO/c1-3-16(4-2)9-8-14(17)11-12-6-5-7-13(15)10-12/h5-7,10,14,17H,3-4,8-9,11H2,1-2H3. The van der Waals surface area contributed by atoms with Crippen LogP contribution in [0.15, 0.2) is 24.3 Å². The molecule has 0 heterocycles. The molecule has 0 fully saturated rings. The molecule has 0 aliphatic heterocycles. The number of aliphatic hydroxyl groups excluding tert-OH is 1. The first-order valence-corrected chi connectivity index (χ1v) is 6.68. The van der Waals surface area contributed by atoms with Crippen LogP contribution in [0.1, 0.15) is 25.8 Å². The van der Waals surface area contributed by atoms with Gasteiger partial charge in [0.2, 0.25) is 0 Å². The van der Waals surface area contributed by atoms with Gasteiger partial charge in [-0.25, -0.2) is 0 Å². The van der Waals surface area contributed by atoms with Crippen LogP contribution in [0, 0.1) is 0 Å². The van der Waals surface area contributed by atoms with Crippen molar-refractivity contribution in [2.75, 3.05) is 19.6 Å². The van der Waals surface area contributed by atoms with Crippen molar-refractivity contribution in [3.05, 3.63) is 34.9 Å². The molecule has 0 aliphatic carbocycles. The van der Waals surface area contributed by atoms with E-state index in [2.05, 4.69) is 18.7 Å². The second-order valence-electron chi connectivity index (χ2n) is 4.30. The molecule has 0 saturated carbocycles. The number of hydrogen-bond acceptors (Lipinski definition) is 2. The Morgan fingerprint density at radius 1 is 1.29 bits per heavy atom. The zero-order valence-electron chi connectivity index (χ0n) is 10.7. The molecule has 1 aromatic carbocycles. The van der Waals surface area contributed by atoms with E-state index in [9.17, 15) is 5.11 Å². The Balaban J connectivity index is 2.36. The van der Waals surface area contributed by atoms with E-state index in [-0.39, 0.29) is 6.10 Å². The van der Waals surface area contributed by atoms with E-state index in [1.807, 2.05) is 24.3 Å². The minimum Gasteiger partial charge on any atom is -0.393 e. The van der Waals surface area contributed by atoms with Gasteiger partial charge in [0, 0.05) is 11.6 Å². The number of aliphatic hydroxyl groups is 1. The third-order valence-electron chi connectivity index (χ3n) is 3.03. The van der Waals surface area contributed by atoms with Crippen molar-refractivity contribution >= 4 is 11.6 Å². The highest BCUT2D eigenvalue weighted by Gasteiger charge is 2.08. The van der Waals surface area contributed by atoms with Crippen molar-refractivity contribution in [3.63, 3.8) is 0 Å². The molecule has 0 bridgehead atoms. The average Bonchev–Trinajstić information content (AvgIpc) is 2.30. The normalized spacial score (nSPS) is 13.0. The molecule has 1 N–H and O–H groups in total. The van der Waals surface area contributed by atoms with Crippen LogP contribution in [0.2, 0.25) is 5.02 Å². The smallest absolute Gasteiger partial charge is 0.0592 e. The van der Waals surface area contributed by atoms with Gasteiger partial charge in [0.15, 0.2) is 0 Å². The maximum Gasteiger partial charge on any atom is 0.0592 e. The van der Waals surface area contributed by atoms with Gasteiger partial charge < -0.3 is 10.0 Å². The lowest BCUT2D eigenvalue weighted by molar-refractivity contribution is 0.143. The molecule has 96 valence electrons. The zero-order valence-corrected chi connectivity index (χ0v) is 11.5. The zero-order chi connectivity index (χ0) is 12.7. The third-order valence-corrected chi connectivity index (χ3v) is 3.27. The Morgan fingerprint density at radius 3 is 2.59 bits per heavy atom. The lowest BCUT2D eigenvalue weighted by atomic mass is 10.1. The van der Waals surface area contributed by atoms with Gasteiger partial charge in [0.1, 0.15) is 0 Å². The van der Waals surface area contributed by atoms with Gasteiger partial charge in [0.05, 0.1) is 6.10 Å². The number of benzene rings is 1. The molecule has 1 rings (SSSR count). The van der Waals surface area contributed by atoms with E-state index in [0.717, 1.165) is 36.6 Å². The summed E-state index contributed by atoms with van der Waals surface area (Å²) in [6.07, 6.45) is 1.21. The Bertz CT molecular complexity index is 326. The highest BCUT2D eigenvalue weighted by Crippen LogP contribution is 2.13. The summed E-state index contributed by atoms with van der Waals surface area (Å²) in [7, 11) is 0. The van der Waals surface area contributed by atoms with Gasteiger partial charge in [-0.05, 0) is 43.6 Å². The summed E-state index contributed by atoms with van der Waals surface area (Å²) < 4.78 is 0. The van der Waals surface area contributed by atoms with Crippen LogP contribution in [-0.4, -0.2) is 35.7 Å². The number of hydrogen-bond donors (Lipinski definition) is 1. The highest BCUT2D eigenvalue weighted by atomic mass is 35.5. The minimum atomic E-state index is -0.283. The van der Waals surface area contributed by atoms with Gasteiger partial charge in [-0.3, -0.25) is 0 Å². The van der Waals surface area contributed by atoms with E-state index in [4.69, 9.17) is 11.6 Å². The SMILES string of the molecule is CCN(CC)CCC(O)Cc1cccc(Cl)c1. The molecule has 0 aromatic heterocycles. The van der Waals surface area contributed by atoms with Crippen LogP contribution in [0.5, 0.6) is 0 Å². The van der Waals surface area contributed by atoms with Gasteiger partial charge >= 0.3 is 0 Å². The number of halogens is 1. The topological polar surface area (TPSA) is 23.5 Å². The Kier molecular flexibility index (Phi) is 6.56. The molecular weight excluding hydrogens is 234 g/mol. The van der Waals surface area contributed by atoms with E-state index in [1.165, 1.54) is 0 Å². The molecular formula is C14H22ClNO. The van der Waals surface area contributed by atoms with Gasteiger partial charge in [-0.2, -0.15) is 0 Å². The molecule has 0 radical (unpaired) electrons. The fourth-order valence-corrected chi connectivity index (χ4v) is 2.12. The summed E-state index contributed by atoms with van der Waals surface area (Å²) in [6, 6.07) is 7.71. The van der Waals surface area contributed by atoms with Gasteiger partial charge in [-0.15, -0.1) is 0 Å². The van der Waals surface area contributed by atoms with Crippen LogP contribution in [0.25, 0.3) is 0 Å². The summed E-state index contributed by atoms with van der Waals surface area (Å²) in [5.74, 6) is 0. The van der Waals surface area contributed by atoms with Crippen LogP contribution in [0.4, 0.5) is 0 Å². The van der Waals surface area contributed by atoms with Crippen LogP contribution >= 0.6 is 11.6 Å². The van der Waals surface area contributed by atoms with Crippen molar-refractivity contribution in [1.29, 1.82) is 0 Å². The van der Waals surface area contributed by atoms with Crippen LogP contribution < -0.4 is 0 Å². The monoisotopic (exact) mass is 255 g/mol. The predicted molar refractivity (Wildman–Crippen MR) is 73.6 cm³/mol. The fraction of sp³-hybridized carbons (Fsp3) is 0.571. The number of rotatable bonds is 7. The highest BCUT2D eigenvalue weighted by molar-refractivity contribution is 6.30. The average molecular weight is 256 g/mol. The largest absolute Gasteiger partial charge is 0.393 e. The van der Waals surface area contributed by atoms with Gasteiger partial charge in [0.25, 0.3) is 0 Å².